The SMILES string of the molecule is CC(N)C(c1cccnc1)N1CC(C(N)=O)CCC1C. The molecule has 1 aliphatic rings. The van der Waals surface area contributed by atoms with E-state index in [1.807, 2.05) is 25.3 Å². The Balaban J connectivity index is 2.26. The Hall–Kier alpha value is -1.46. The van der Waals surface area contributed by atoms with Gasteiger partial charge in [0, 0.05) is 31.0 Å². The molecule has 110 valence electrons. The topological polar surface area (TPSA) is 85.2 Å². The van der Waals surface area contributed by atoms with Crippen molar-refractivity contribution in [1.29, 1.82) is 0 Å². The Labute approximate surface area is 120 Å². The molecule has 0 bridgehead atoms. The molecule has 4 N–H and O–H groups in total. The second-order valence-corrected chi connectivity index (χ2v) is 5.81. The Morgan fingerprint density at radius 3 is 2.80 bits per heavy atom. The lowest BCUT2D eigenvalue weighted by molar-refractivity contribution is -0.124. The van der Waals surface area contributed by atoms with Gasteiger partial charge in [0.2, 0.25) is 5.91 Å². The molecule has 2 rings (SSSR count). The molecule has 0 aromatic carbocycles. The number of piperidine rings is 1. The molecule has 20 heavy (non-hydrogen) atoms. The maximum atomic E-state index is 11.5. The monoisotopic (exact) mass is 276 g/mol. The second-order valence-electron chi connectivity index (χ2n) is 5.81. The summed E-state index contributed by atoms with van der Waals surface area (Å²) in [5.41, 5.74) is 12.8. The molecule has 0 radical (unpaired) electrons. The van der Waals surface area contributed by atoms with Crippen molar-refractivity contribution in [2.24, 2.45) is 17.4 Å². The number of nitrogens with two attached hydrogens (primary N) is 2. The van der Waals surface area contributed by atoms with Gasteiger partial charge in [0.05, 0.1) is 12.0 Å². The molecule has 1 aromatic rings. The van der Waals surface area contributed by atoms with Crippen molar-refractivity contribution >= 4 is 5.91 Å². The van der Waals surface area contributed by atoms with Gasteiger partial charge in [-0.3, -0.25) is 14.7 Å². The van der Waals surface area contributed by atoms with E-state index in [0.717, 1.165) is 18.4 Å². The first kappa shape index (κ1) is 14.9. The highest BCUT2D eigenvalue weighted by Crippen LogP contribution is 2.32. The molecule has 5 heteroatoms. The van der Waals surface area contributed by atoms with Crippen molar-refractivity contribution in [1.82, 2.24) is 9.88 Å². The number of carbonyl (C=O) groups excluding carboxylic acids is 1. The number of pyridine rings is 1. The van der Waals surface area contributed by atoms with Gasteiger partial charge in [0.25, 0.3) is 0 Å². The minimum absolute atomic E-state index is 0.0340. The minimum Gasteiger partial charge on any atom is -0.369 e. The third kappa shape index (κ3) is 3.16. The minimum atomic E-state index is -0.212. The highest BCUT2D eigenvalue weighted by Gasteiger charge is 2.35. The Bertz CT molecular complexity index is 448. The zero-order valence-electron chi connectivity index (χ0n) is 12.2. The van der Waals surface area contributed by atoms with Crippen LogP contribution in [0.2, 0.25) is 0 Å². The number of hydrogen-bond acceptors (Lipinski definition) is 4. The molecular formula is C15H24N4O. The third-order valence-electron chi connectivity index (χ3n) is 4.21. The molecule has 4 atom stereocenters. The van der Waals surface area contributed by atoms with Gasteiger partial charge in [0.1, 0.15) is 0 Å². The maximum Gasteiger partial charge on any atom is 0.221 e. The van der Waals surface area contributed by atoms with Crippen LogP contribution in [-0.4, -0.2) is 34.4 Å². The largest absolute Gasteiger partial charge is 0.369 e. The van der Waals surface area contributed by atoms with Crippen LogP contribution in [0.4, 0.5) is 0 Å². The van der Waals surface area contributed by atoms with E-state index in [4.69, 9.17) is 11.5 Å². The second kappa shape index (κ2) is 6.33. The molecule has 1 aliphatic heterocycles. The van der Waals surface area contributed by atoms with Gasteiger partial charge in [-0.15, -0.1) is 0 Å². The molecule has 1 aromatic heterocycles. The van der Waals surface area contributed by atoms with Crippen LogP contribution < -0.4 is 11.5 Å². The summed E-state index contributed by atoms with van der Waals surface area (Å²) in [5, 5.41) is 0. The fourth-order valence-corrected chi connectivity index (χ4v) is 3.10. The fourth-order valence-electron chi connectivity index (χ4n) is 3.10. The van der Waals surface area contributed by atoms with Crippen LogP contribution in [0.3, 0.4) is 0 Å². The van der Waals surface area contributed by atoms with Crippen molar-refractivity contribution in [3.63, 3.8) is 0 Å². The lowest BCUT2D eigenvalue weighted by atomic mass is 9.88. The van der Waals surface area contributed by atoms with E-state index in [2.05, 4.69) is 16.8 Å². The van der Waals surface area contributed by atoms with E-state index in [0.29, 0.717) is 12.6 Å². The van der Waals surface area contributed by atoms with Crippen LogP contribution in [0.5, 0.6) is 0 Å². The summed E-state index contributed by atoms with van der Waals surface area (Å²) in [6, 6.07) is 4.39. The number of nitrogens with zero attached hydrogens (tertiary/aromatic N) is 2. The Morgan fingerprint density at radius 1 is 1.50 bits per heavy atom. The van der Waals surface area contributed by atoms with E-state index in [1.165, 1.54) is 0 Å². The summed E-state index contributed by atoms with van der Waals surface area (Å²) < 4.78 is 0. The third-order valence-corrected chi connectivity index (χ3v) is 4.21. The summed E-state index contributed by atoms with van der Waals surface area (Å²) in [6.45, 7) is 4.86. The van der Waals surface area contributed by atoms with Crippen LogP contribution in [0.1, 0.15) is 38.3 Å². The quantitative estimate of drug-likeness (QED) is 0.861. The zero-order valence-corrected chi connectivity index (χ0v) is 12.2. The predicted molar refractivity (Wildman–Crippen MR) is 78.7 cm³/mol. The van der Waals surface area contributed by atoms with Gasteiger partial charge < -0.3 is 11.5 Å². The average Bonchev–Trinajstić information content (AvgIpc) is 2.41. The van der Waals surface area contributed by atoms with Crippen LogP contribution in [0.25, 0.3) is 0 Å². The van der Waals surface area contributed by atoms with E-state index in [-0.39, 0.29) is 23.9 Å². The number of primary amides is 1. The van der Waals surface area contributed by atoms with E-state index in [1.54, 1.807) is 6.20 Å². The standard InChI is InChI=1S/C15H24N4O/c1-10-5-6-13(15(17)20)9-19(10)14(11(2)16)12-4-3-7-18-8-12/h3-4,7-8,10-11,13-14H,5-6,9,16H2,1-2H3,(H2,17,20). The molecule has 0 saturated carbocycles. The zero-order chi connectivity index (χ0) is 14.7. The van der Waals surface area contributed by atoms with Crippen molar-refractivity contribution in [2.45, 2.75) is 44.8 Å². The summed E-state index contributed by atoms with van der Waals surface area (Å²) in [6.07, 6.45) is 5.45. The highest BCUT2D eigenvalue weighted by molar-refractivity contribution is 5.77. The van der Waals surface area contributed by atoms with Crippen molar-refractivity contribution in [3.8, 4) is 0 Å². The van der Waals surface area contributed by atoms with Gasteiger partial charge in [0.15, 0.2) is 0 Å². The van der Waals surface area contributed by atoms with Crippen LogP contribution in [-0.2, 0) is 4.79 Å². The summed E-state index contributed by atoms with van der Waals surface area (Å²) in [7, 11) is 0. The van der Waals surface area contributed by atoms with Gasteiger partial charge in [-0.05, 0) is 38.3 Å². The summed E-state index contributed by atoms with van der Waals surface area (Å²) >= 11 is 0. The highest BCUT2D eigenvalue weighted by atomic mass is 16.1. The fraction of sp³-hybridized carbons (Fsp3) is 0.600. The number of rotatable bonds is 4. The van der Waals surface area contributed by atoms with Crippen molar-refractivity contribution < 1.29 is 4.79 Å². The van der Waals surface area contributed by atoms with Crippen LogP contribution in [0.15, 0.2) is 24.5 Å². The molecule has 2 heterocycles. The van der Waals surface area contributed by atoms with Gasteiger partial charge in [-0.2, -0.15) is 0 Å². The van der Waals surface area contributed by atoms with E-state index >= 15 is 0 Å². The molecule has 0 aliphatic carbocycles. The molecule has 1 amide bonds. The summed E-state index contributed by atoms with van der Waals surface area (Å²) in [4.78, 5) is 18.0. The lowest BCUT2D eigenvalue weighted by Crippen LogP contribution is -2.51. The number of likely N-dealkylation sites (tertiary alicyclic amines) is 1. The number of hydrogen-bond donors (Lipinski definition) is 2. The first-order valence-electron chi connectivity index (χ1n) is 7.21. The normalized spacial score (nSPS) is 26.9. The maximum absolute atomic E-state index is 11.5. The van der Waals surface area contributed by atoms with Gasteiger partial charge in [-0.25, -0.2) is 0 Å². The van der Waals surface area contributed by atoms with E-state index in [9.17, 15) is 4.79 Å². The lowest BCUT2D eigenvalue weighted by Gasteiger charge is -2.43. The first-order chi connectivity index (χ1) is 9.50. The van der Waals surface area contributed by atoms with E-state index < -0.39 is 0 Å². The molecule has 4 unspecified atom stereocenters. The van der Waals surface area contributed by atoms with Gasteiger partial charge in [-0.1, -0.05) is 6.07 Å². The average molecular weight is 276 g/mol. The molecule has 1 saturated heterocycles. The van der Waals surface area contributed by atoms with Crippen LogP contribution >= 0.6 is 0 Å². The van der Waals surface area contributed by atoms with Crippen LogP contribution in [0, 0.1) is 5.92 Å². The molecule has 5 nitrogen and oxygen atoms in total. The van der Waals surface area contributed by atoms with Crippen molar-refractivity contribution in [3.05, 3.63) is 30.1 Å². The summed E-state index contributed by atoms with van der Waals surface area (Å²) in [5.74, 6) is -0.291. The van der Waals surface area contributed by atoms with Gasteiger partial charge >= 0.3 is 0 Å². The van der Waals surface area contributed by atoms with Crippen molar-refractivity contribution in [2.75, 3.05) is 6.54 Å². The number of carbonyl (C=O) groups is 1. The molecular weight excluding hydrogens is 252 g/mol. The predicted octanol–water partition coefficient (Wildman–Crippen LogP) is 1.06. The Morgan fingerprint density at radius 2 is 2.25 bits per heavy atom. The Kier molecular flexibility index (Phi) is 4.73. The number of amides is 1. The smallest absolute Gasteiger partial charge is 0.221 e. The molecule has 1 fully saturated rings. The molecule has 0 spiro atoms. The number of aromatic nitrogens is 1. The first-order valence-corrected chi connectivity index (χ1v) is 7.21.